The number of nitrogens with one attached hydrogen (secondary N) is 2. The van der Waals surface area contributed by atoms with E-state index in [1.807, 2.05) is 18.2 Å². The topological polar surface area (TPSA) is 140 Å². The normalized spacial score (nSPS) is 11.5. The van der Waals surface area contributed by atoms with E-state index in [-0.39, 0.29) is 22.0 Å². The summed E-state index contributed by atoms with van der Waals surface area (Å²) in [4.78, 5) is 23.9. The molecule has 2 aromatic heterocycles. The summed E-state index contributed by atoms with van der Waals surface area (Å²) >= 11 is 0. The van der Waals surface area contributed by atoms with Crippen LogP contribution in [0.15, 0.2) is 77.7 Å². The van der Waals surface area contributed by atoms with Crippen LogP contribution in [0.3, 0.4) is 0 Å². The molecule has 5 rings (SSSR count). The minimum atomic E-state index is -3.91. The van der Waals surface area contributed by atoms with Crippen LogP contribution in [0.2, 0.25) is 0 Å². The Bertz CT molecular complexity index is 1730. The van der Waals surface area contributed by atoms with Crippen molar-refractivity contribution in [1.29, 1.82) is 0 Å². The molecule has 0 aliphatic heterocycles. The first-order valence-electron chi connectivity index (χ1n) is 10.9. The van der Waals surface area contributed by atoms with Crippen molar-refractivity contribution in [1.82, 2.24) is 15.0 Å². The predicted molar refractivity (Wildman–Crippen MR) is 138 cm³/mol. The van der Waals surface area contributed by atoms with Gasteiger partial charge >= 0.3 is 0 Å². The number of para-hydroxylation sites is 2. The third-order valence-electron chi connectivity index (χ3n) is 5.53. The molecule has 0 atom stereocenters. The van der Waals surface area contributed by atoms with Gasteiger partial charge in [-0.2, -0.15) is 0 Å². The van der Waals surface area contributed by atoms with Crippen molar-refractivity contribution in [2.75, 3.05) is 10.0 Å². The molecule has 36 heavy (non-hydrogen) atoms. The average Bonchev–Trinajstić information content (AvgIpc) is 2.83. The molecular weight excluding hydrogens is 480 g/mol. The Morgan fingerprint density at radius 1 is 0.833 bits per heavy atom. The van der Waals surface area contributed by atoms with Gasteiger partial charge in [0.2, 0.25) is 5.95 Å². The molecule has 3 aromatic carbocycles. The van der Waals surface area contributed by atoms with E-state index in [4.69, 9.17) is 0 Å². The van der Waals surface area contributed by atoms with Gasteiger partial charge in [0.25, 0.3) is 15.7 Å². The highest BCUT2D eigenvalue weighted by atomic mass is 32.2. The number of pyridine rings is 1. The molecule has 0 radical (unpaired) electrons. The maximum absolute atomic E-state index is 12.9. The van der Waals surface area contributed by atoms with Crippen LogP contribution in [0.5, 0.6) is 0 Å². The molecule has 0 fully saturated rings. The Hall–Kier alpha value is -4.64. The molecule has 2 N–H and O–H groups in total. The molecule has 0 bridgehead atoms. The number of nitro groups is 1. The highest BCUT2D eigenvalue weighted by molar-refractivity contribution is 7.92. The number of non-ortho nitro benzene ring substituents is 1. The lowest BCUT2D eigenvalue weighted by molar-refractivity contribution is -0.383. The number of fused-ring (bicyclic) bond motifs is 2. The van der Waals surface area contributed by atoms with Crippen LogP contribution in [-0.4, -0.2) is 28.3 Å². The van der Waals surface area contributed by atoms with Crippen molar-refractivity contribution in [2.24, 2.45) is 0 Å². The van der Waals surface area contributed by atoms with Crippen molar-refractivity contribution in [2.45, 2.75) is 18.7 Å². The summed E-state index contributed by atoms with van der Waals surface area (Å²) < 4.78 is 28.1. The average molecular weight is 501 g/mol. The fraction of sp³-hybridized carbons (Fsp3) is 0.0800. The van der Waals surface area contributed by atoms with Gasteiger partial charge in [0, 0.05) is 33.9 Å². The number of benzene rings is 3. The van der Waals surface area contributed by atoms with Gasteiger partial charge < -0.3 is 5.32 Å². The number of aromatic nitrogens is 3. The monoisotopic (exact) mass is 500 g/mol. The molecule has 0 saturated heterocycles. The Balaban J connectivity index is 1.52. The smallest absolute Gasteiger partial charge is 0.295 e. The summed E-state index contributed by atoms with van der Waals surface area (Å²) in [6.45, 7) is 3.52. The Kier molecular flexibility index (Phi) is 5.69. The second-order valence-electron chi connectivity index (χ2n) is 8.16. The zero-order chi connectivity index (χ0) is 25.4. The lowest BCUT2D eigenvalue weighted by Gasteiger charge is -2.14. The Labute approximate surface area is 206 Å². The van der Waals surface area contributed by atoms with Crippen LogP contribution in [0, 0.1) is 24.0 Å². The molecule has 2 heterocycles. The molecule has 5 aromatic rings. The number of hydrogen-bond donors (Lipinski definition) is 2. The van der Waals surface area contributed by atoms with Gasteiger partial charge in [0.15, 0.2) is 5.52 Å². The summed E-state index contributed by atoms with van der Waals surface area (Å²) in [5.41, 5.74) is 3.30. The molecule has 10 nitrogen and oxygen atoms in total. The number of nitrogens with zero attached hydrogens (tertiary/aromatic N) is 4. The van der Waals surface area contributed by atoms with Gasteiger partial charge in [0.1, 0.15) is 0 Å². The number of sulfonamides is 1. The summed E-state index contributed by atoms with van der Waals surface area (Å²) in [7, 11) is -3.91. The molecule has 11 heteroatoms. The first-order valence-corrected chi connectivity index (χ1v) is 12.4. The van der Waals surface area contributed by atoms with E-state index in [0.717, 1.165) is 5.39 Å². The molecule has 180 valence electrons. The maximum Gasteiger partial charge on any atom is 0.295 e. The largest absolute Gasteiger partial charge is 0.354 e. The molecule has 0 spiro atoms. The van der Waals surface area contributed by atoms with Crippen LogP contribution < -0.4 is 10.0 Å². The van der Waals surface area contributed by atoms with Gasteiger partial charge in [-0.3, -0.25) is 10.1 Å². The summed E-state index contributed by atoms with van der Waals surface area (Å²) in [6.07, 6.45) is 0. The van der Waals surface area contributed by atoms with Gasteiger partial charge in [-0.15, -0.1) is 0 Å². The number of aryl methyl sites for hydroxylation is 2. The summed E-state index contributed by atoms with van der Waals surface area (Å²) in [6, 6.07) is 20.0. The van der Waals surface area contributed by atoms with E-state index in [1.165, 1.54) is 18.2 Å². The lowest BCUT2D eigenvalue weighted by Crippen LogP contribution is -2.15. The van der Waals surface area contributed by atoms with E-state index >= 15 is 0 Å². The van der Waals surface area contributed by atoms with Crippen molar-refractivity contribution in [3.05, 3.63) is 94.3 Å². The predicted octanol–water partition coefficient (Wildman–Crippen LogP) is 5.25. The SMILES string of the molecule is Cc1cc(C)nc(NS(=O)(=O)c2ccc(Nc3c4ccccc4nc4c([N+](=O)[O-])cccc34)cc2)n1. The highest BCUT2D eigenvalue weighted by Crippen LogP contribution is 2.36. The third kappa shape index (κ3) is 4.39. The molecule has 0 unspecified atom stereocenters. The zero-order valence-corrected chi connectivity index (χ0v) is 20.1. The van der Waals surface area contributed by atoms with Crippen molar-refractivity contribution >= 4 is 54.8 Å². The van der Waals surface area contributed by atoms with E-state index < -0.39 is 14.9 Å². The second-order valence-corrected chi connectivity index (χ2v) is 9.85. The van der Waals surface area contributed by atoms with Crippen molar-refractivity contribution in [3.63, 3.8) is 0 Å². The number of hydrogen-bond acceptors (Lipinski definition) is 8. The van der Waals surface area contributed by atoms with Crippen LogP contribution in [-0.2, 0) is 10.0 Å². The molecule has 0 amide bonds. The van der Waals surface area contributed by atoms with E-state index in [1.54, 1.807) is 50.2 Å². The van der Waals surface area contributed by atoms with E-state index in [9.17, 15) is 18.5 Å². The van der Waals surface area contributed by atoms with Crippen LogP contribution in [0.25, 0.3) is 21.8 Å². The first kappa shape index (κ1) is 23.1. The van der Waals surface area contributed by atoms with Gasteiger partial charge in [-0.25, -0.2) is 28.1 Å². The van der Waals surface area contributed by atoms with Crippen LogP contribution in [0.1, 0.15) is 11.4 Å². The summed E-state index contributed by atoms with van der Waals surface area (Å²) in [5.74, 6) is 0.00558. The minimum absolute atomic E-state index is 0.00558. The van der Waals surface area contributed by atoms with Gasteiger partial charge in [-0.05, 0) is 50.2 Å². The van der Waals surface area contributed by atoms with E-state index in [0.29, 0.717) is 33.7 Å². The van der Waals surface area contributed by atoms with Crippen LogP contribution >= 0.6 is 0 Å². The van der Waals surface area contributed by atoms with E-state index in [2.05, 4.69) is 25.0 Å². The fourth-order valence-electron chi connectivity index (χ4n) is 3.99. The van der Waals surface area contributed by atoms with Crippen LogP contribution in [0.4, 0.5) is 23.0 Å². The van der Waals surface area contributed by atoms with Crippen molar-refractivity contribution in [3.8, 4) is 0 Å². The molecule has 0 aliphatic carbocycles. The van der Waals surface area contributed by atoms with Crippen molar-refractivity contribution < 1.29 is 13.3 Å². The zero-order valence-electron chi connectivity index (χ0n) is 19.3. The number of rotatable bonds is 6. The molecule has 0 aliphatic rings. The first-order chi connectivity index (χ1) is 17.2. The minimum Gasteiger partial charge on any atom is -0.354 e. The fourth-order valence-corrected chi connectivity index (χ4v) is 4.94. The Morgan fingerprint density at radius 2 is 1.50 bits per heavy atom. The standard InChI is InChI=1S/C25H20N6O4S/c1-15-14-16(2)27-25(26-15)30-36(34,35)18-12-10-17(11-13-18)28-23-19-6-3-4-8-21(19)29-24-20(23)7-5-9-22(24)31(32)33/h3-14H,1-2H3,(H,28,29)(H,26,27,30). The number of anilines is 3. The summed E-state index contributed by atoms with van der Waals surface area (Å²) in [5, 5.41) is 16.2. The lowest BCUT2D eigenvalue weighted by atomic mass is 10.1. The molecule has 0 saturated carbocycles. The number of nitro benzene ring substituents is 1. The maximum atomic E-state index is 12.9. The quantitative estimate of drug-likeness (QED) is 0.183. The Morgan fingerprint density at radius 3 is 2.19 bits per heavy atom. The highest BCUT2D eigenvalue weighted by Gasteiger charge is 2.19. The second kappa shape index (κ2) is 8.86. The third-order valence-corrected chi connectivity index (χ3v) is 6.87. The molecular formula is C25H20N6O4S. The van der Waals surface area contributed by atoms with Gasteiger partial charge in [0.05, 0.1) is 21.0 Å². The van der Waals surface area contributed by atoms with Gasteiger partial charge in [-0.1, -0.05) is 30.3 Å².